The highest BCUT2D eigenvalue weighted by Gasteiger charge is 2.52. The van der Waals surface area contributed by atoms with Crippen molar-refractivity contribution in [2.24, 2.45) is 0 Å². The number of halogens is 1. The summed E-state index contributed by atoms with van der Waals surface area (Å²) in [5.41, 5.74) is 17.5. The van der Waals surface area contributed by atoms with Crippen molar-refractivity contribution in [2.45, 2.75) is 18.3 Å². The van der Waals surface area contributed by atoms with Crippen LogP contribution in [0.1, 0.15) is 35.1 Å². The molecule has 0 N–H and O–H groups in total. The van der Waals surface area contributed by atoms with Crippen LogP contribution in [0.4, 0.5) is 28.4 Å². The van der Waals surface area contributed by atoms with Crippen LogP contribution in [-0.2, 0) is 5.41 Å². The Morgan fingerprint density at radius 3 is 1.55 bits per heavy atom. The first-order valence-electron chi connectivity index (χ1n) is 19.4. The molecule has 0 saturated heterocycles. The molecule has 0 radical (unpaired) electrons. The average molecular weight is 782 g/mol. The lowest BCUT2D eigenvalue weighted by atomic mass is 9.69. The molecule has 0 amide bonds. The number of hydrogen-bond acceptors (Lipinski definition) is 2. The average Bonchev–Trinajstić information content (AvgIpc) is 3.72. The SMILES string of the molecule is Brc1cc(N(C2=CC3=C(CC2)c2ccccc2C32c3ccccc3-c3ccccc32)c2ccc3ccccc3c2)cc(N(c2ccccc2)c2ccccc2)c1. The van der Waals surface area contributed by atoms with E-state index in [1.807, 2.05) is 0 Å². The van der Waals surface area contributed by atoms with E-state index in [1.165, 1.54) is 61.0 Å². The van der Waals surface area contributed by atoms with Crippen LogP contribution in [0.15, 0.2) is 216 Å². The maximum absolute atomic E-state index is 4.00. The van der Waals surface area contributed by atoms with Crippen molar-refractivity contribution >= 4 is 60.7 Å². The molecule has 11 rings (SSSR count). The fraction of sp³-hybridized carbons (Fsp3) is 0.0566. The van der Waals surface area contributed by atoms with E-state index in [2.05, 4.69) is 226 Å². The van der Waals surface area contributed by atoms with Gasteiger partial charge in [0.05, 0.1) is 5.41 Å². The van der Waals surface area contributed by atoms with Crippen molar-refractivity contribution in [3.05, 3.63) is 238 Å². The molecule has 8 aromatic carbocycles. The molecule has 0 saturated carbocycles. The van der Waals surface area contributed by atoms with Gasteiger partial charge >= 0.3 is 0 Å². The smallest absolute Gasteiger partial charge is 0.0722 e. The molecule has 0 atom stereocenters. The van der Waals surface area contributed by atoms with Crippen LogP contribution in [0.2, 0.25) is 0 Å². The van der Waals surface area contributed by atoms with Crippen molar-refractivity contribution < 1.29 is 0 Å². The molecule has 2 nitrogen and oxygen atoms in total. The first-order valence-corrected chi connectivity index (χ1v) is 20.2. The Hall–Kier alpha value is -6.42. The zero-order valence-corrected chi connectivity index (χ0v) is 32.3. The van der Waals surface area contributed by atoms with Crippen LogP contribution in [0.25, 0.3) is 27.5 Å². The number of rotatable bonds is 6. The van der Waals surface area contributed by atoms with Crippen LogP contribution in [-0.4, -0.2) is 0 Å². The Kier molecular flexibility index (Phi) is 7.72. The maximum atomic E-state index is 4.00. The number of anilines is 5. The van der Waals surface area contributed by atoms with E-state index >= 15 is 0 Å². The van der Waals surface area contributed by atoms with Crippen molar-refractivity contribution in [2.75, 3.05) is 9.80 Å². The van der Waals surface area contributed by atoms with Gasteiger partial charge in [0.25, 0.3) is 0 Å². The predicted octanol–water partition coefficient (Wildman–Crippen LogP) is 14.7. The van der Waals surface area contributed by atoms with Gasteiger partial charge in [-0.2, -0.15) is 0 Å². The molecule has 0 heterocycles. The summed E-state index contributed by atoms with van der Waals surface area (Å²) < 4.78 is 1.02. The number of benzene rings is 8. The van der Waals surface area contributed by atoms with Crippen molar-refractivity contribution in [1.29, 1.82) is 0 Å². The fourth-order valence-corrected chi connectivity index (χ4v) is 10.2. The van der Waals surface area contributed by atoms with Gasteiger partial charge in [0.2, 0.25) is 0 Å². The Labute approximate surface area is 336 Å². The minimum Gasteiger partial charge on any atom is -0.314 e. The van der Waals surface area contributed by atoms with Gasteiger partial charge in [-0.3, -0.25) is 0 Å². The zero-order valence-electron chi connectivity index (χ0n) is 30.7. The topological polar surface area (TPSA) is 6.48 Å². The van der Waals surface area contributed by atoms with E-state index in [4.69, 9.17) is 0 Å². The molecule has 3 aliphatic rings. The minimum atomic E-state index is -0.389. The summed E-state index contributed by atoms with van der Waals surface area (Å²) in [5.74, 6) is 0. The summed E-state index contributed by atoms with van der Waals surface area (Å²) >= 11 is 4.00. The molecule has 0 bridgehead atoms. The van der Waals surface area contributed by atoms with Gasteiger partial charge in [0.15, 0.2) is 0 Å². The Morgan fingerprint density at radius 1 is 0.393 bits per heavy atom. The van der Waals surface area contributed by atoms with Crippen molar-refractivity contribution in [1.82, 2.24) is 0 Å². The summed E-state index contributed by atoms with van der Waals surface area (Å²) in [6.45, 7) is 0. The second-order valence-corrected chi connectivity index (χ2v) is 15.9. The molecule has 8 aromatic rings. The second-order valence-electron chi connectivity index (χ2n) is 15.0. The largest absolute Gasteiger partial charge is 0.314 e. The Bertz CT molecular complexity index is 2800. The normalized spacial score (nSPS) is 14.6. The second kappa shape index (κ2) is 13.1. The van der Waals surface area contributed by atoms with E-state index in [0.717, 1.165) is 45.8 Å². The van der Waals surface area contributed by atoms with Crippen LogP contribution < -0.4 is 9.80 Å². The lowest BCUT2D eigenvalue weighted by Crippen LogP contribution is -2.28. The summed E-state index contributed by atoms with van der Waals surface area (Å²) in [5, 5.41) is 2.46. The lowest BCUT2D eigenvalue weighted by Gasteiger charge is -2.36. The summed E-state index contributed by atoms with van der Waals surface area (Å²) in [4.78, 5) is 4.86. The first-order chi connectivity index (χ1) is 27.7. The van der Waals surface area contributed by atoms with Gasteiger partial charge in [-0.25, -0.2) is 0 Å². The van der Waals surface area contributed by atoms with E-state index in [-0.39, 0.29) is 5.41 Å². The summed E-state index contributed by atoms with van der Waals surface area (Å²) in [7, 11) is 0. The first kappa shape index (κ1) is 33.0. The Balaban J connectivity index is 1.15. The lowest BCUT2D eigenvalue weighted by molar-refractivity contribution is 0.773. The molecule has 3 aliphatic carbocycles. The molecular weight excluding hydrogens is 745 g/mol. The van der Waals surface area contributed by atoms with Crippen LogP contribution >= 0.6 is 15.9 Å². The quantitative estimate of drug-likeness (QED) is 0.166. The van der Waals surface area contributed by atoms with Crippen molar-refractivity contribution in [3.63, 3.8) is 0 Å². The maximum Gasteiger partial charge on any atom is 0.0722 e. The number of allylic oxidation sites excluding steroid dienone is 4. The van der Waals surface area contributed by atoms with E-state index < -0.39 is 0 Å². The van der Waals surface area contributed by atoms with E-state index in [1.54, 1.807) is 0 Å². The van der Waals surface area contributed by atoms with Crippen LogP contribution in [0.5, 0.6) is 0 Å². The standard InChI is InChI=1S/C53H37BrN2/c54-38-32-43(55(39-17-3-1-4-18-39)40-19-5-2-6-20-40)34-44(33-38)56(41-28-27-36-15-7-8-16-37(36)31-41)42-29-30-48-47-23-11-14-26-51(47)53(52(48)35-42)49-24-12-9-21-45(49)46-22-10-13-25-50(46)53/h1-28,31-35H,29-30H2. The summed E-state index contributed by atoms with van der Waals surface area (Å²) in [6.07, 6.45) is 4.41. The third-order valence-electron chi connectivity index (χ3n) is 12.0. The predicted molar refractivity (Wildman–Crippen MR) is 237 cm³/mol. The van der Waals surface area contributed by atoms with Gasteiger partial charge in [0, 0.05) is 38.6 Å². The number of nitrogens with zero attached hydrogens (tertiary/aromatic N) is 2. The van der Waals surface area contributed by atoms with Gasteiger partial charge in [-0.05, 0) is 129 Å². The molecule has 0 unspecified atom stereocenters. The van der Waals surface area contributed by atoms with E-state index in [9.17, 15) is 0 Å². The highest BCUT2D eigenvalue weighted by atomic mass is 79.9. The molecule has 3 heteroatoms. The van der Waals surface area contributed by atoms with E-state index in [0.29, 0.717) is 0 Å². The van der Waals surface area contributed by atoms with Gasteiger partial charge in [0.1, 0.15) is 0 Å². The van der Waals surface area contributed by atoms with Gasteiger partial charge in [-0.1, -0.05) is 155 Å². The van der Waals surface area contributed by atoms with Gasteiger partial charge in [-0.15, -0.1) is 0 Å². The Morgan fingerprint density at radius 2 is 0.911 bits per heavy atom. The third kappa shape index (κ3) is 5.01. The van der Waals surface area contributed by atoms with Gasteiger partial charge < -0.3 is 9.80 Å². The fourth-order valence-electron chi connectivity index (χ4n) is 9.75. The molecular formula is C53H37BrN2. The molecule has 266 valence electrons. The van der Waals surface area contributed by atoms with Crippen LogP contribution in [0.3, 0.4) is 0 Å². The zero-order chi connectivity index (χ0) is 37.2. The number of hydrogen-bond donors (Lipinski definition) is 0. The van der Waals surface area contributed by atoms with Crippen molar-refractivity contribution in [3.8, 4) is 11.1 Å². The molecule has 56 heavy (non-hydrogen) atoms. The highest BCUT2D eigenvalue weighted by molar-refractivity contribution is 9.10. The number of para-hydroxylation sites is 2. The molecule has 1 spiro atoms. The molecule has 0 fully saturated rings. The van der Waals surface area contributed by atoms with Crippen LogP contribution in [0, 0.1) is 0 Å². The number of fused-ring (bicyclic) bond motifs is 10. The molecule has 0 aliphatic heterocycles. The summed E-state index contributed by atoms with van der Waals surface area (Å²) in [6, 6.07) is 71.1. The monoisotopic (exact) mass is 780 g/mol. The molecule has 0 aromatic heterocycles. The third-order valence-corrected chi connectivity index (χ3v) is 12.4. The minimum absolute atomic E-state index is 0.389. The highest BCUT2D eigenvalue weighted by Crippen LogP contribution is 2.64.